The van der Waals surface area contributed by atoms with Crippen molar-refractivity contribution >= 4 is 17.9 Å². The molecule has 12 nitrogen and oxygen atoms in total. The average molecular weight is 846 g/mol. The molecule has 3 aromatic carbocycles. The number of nitriles is 1. The van der Waals surface area contributed by atoms with E-state index in [2.05, 4.69) is 18.7 Å². The summed E-state index contributed by atoms with van der Waals surface area (Å²) in [4.78, 5) is 34.7. The number of allylic oxidation sites excluding steroid dienone is 1. The van der Waals surface area contributed by atoms with Crippen LogP contribution in [0.4, 0.5) is 0 Å². The van der Waals surface area contributed by atoms with Crippen LogP contribution in [0.25, 0.3) is 0 Å². The molecule has 0 bridgehead atoms. The Balaban J connectivity index is 1.45. The van der Waals surface area contributed by atoms with Gasteiger partial charge in [0.15, 0.2) is 0 Å². The quantitative estimate of drug-likeness (QED) is 0.0487. The molecular weight excluding hydrogens is 787 g/mol. The van der Waals surface area contributed by atoms with Gasteiger partial charge in [-0.2, -0.15) is 5.26 Å². The molecule has 0 radical (unpaired) electrons. The highest BCUT2D eigenvalue weighted by Crippen LogP contribution is 2.62. The first-order chi connectivity index (χ1) is 30.4. The summed E-state index contributed by atoms with van der Waals surface area (Å²) in [6, 6.07) is 20.9. The number of hydrogen-bond acceptors (Lipinski definition) is 11. The third-order valence-corrected chi connectivity index (χ3v) is 12.7. The highest BCUT2D eigenvalue weighted by atomic mass is 16.8. The lowest BCUT2D eigenvalue weighted by molar-refractivity contribution is -0.254. The molecule has 62 heavy (non-hydrogen) atoms. The van der Waals surface area contributed by atoms with Gasteiger partial charge in [-0.1, -0.05) is 49.2 Å². The fraction of sp³-hybridized carbons (Fsp3) is 0.480. The number of oxime groups is 1. The number of aliphatic hydroxyl groups excluding tert-OH is 2. The highest BCUT2D eigenvalue weighted by molar-refractivity contribution is 6.03. The van der Waals surface area contributed by atoms with Crippen molar-refractivity contribution in [2.24, 2.45) is 22.9 Å². The van der Waals surface area contributed by atoms with Gasteiger partial charge in [0.05, 0.1) is 36.5 Å². The average Bonchev–Trinajstić information content (AvgIpc) is 3.31. The number of fused-ring (bicyclic) bond motifs is 2. The summed E-state index contributed by atoms with van der Waals surface area (Å²) < 4.78 is 26.9. The third kappa shape index (κ3) is 9.67. The molecule has 3 aromatic rings. The van der Waals surface area contributed by atoms with E-state index < -0.39 is 24.0 Å². The molecule has 2 aliphatic heterocycles. The van der Waals surface area contributed by atoms with Gasteiger partial charge < -0.3 is 38.9 Å². The van der Waals surface area contributed by atoms with Crippen LogP contribution in [0.3, 0.4) is 0 Å². The van der Waals surface area contributed by atoms with Crippen molar-refractivity contribution in [3.63, 3.8) is 0 Å². The van der Waals surface area contributed by atoms with Crippen LogP contribution in [0.15, 0.2) is 96.2 Å². The Hall–Kier alpha value is -5.32. The molecule has 2 aliphatic carbocycles. The number of amides is 1. The Morgan fingerprint density at radius 3 is 2.53 bits per heavy atom. The topological polar surface area (TPSA) is 160 Å². The maximum Gasteiger partial charge on any atom is 0.254 e. The van der Waals surface area contributed by atoms with E-state index in [1.807, 2.05) is 36.1 Å². The number of nitrogens with zero attached hydrogens (tertiary/aromatic N) is 3. The summed E-state index contributed by atoms with van der Waals surface area (Å²) >= 11 is 0. The first-order valence-electron chi connectivity index (χ1n) is 22.3. The number of aldehydes is 1. The Morgan fingerprint density at radius 2 is 1.82 bits per heavy atom. The molecule has 1 saturated carbocycles. The standard InChI is InChI=1S/C50H59N3O9/c1-3-23-53(49(57)36-19-17-34(32-51)18-20-36)45-31-43(52-62-46-16-7-10-27-58-46)41-29-37(13-5-8-24-54)40(15-6-9-25-55)47-42-30-39(60-38-14-11-12-35(28-38)33-56)21-22-44(42)61-50(45,48(41)47)59-26-4-2/h4,11-12,14,17-22,28-30,33,37,40,45-48,54-55H,2-3,5-10,13,15-16,23-27,31H2,1H3/t37-,40+,45-,46?,47+,48+,50+/m0/s1. The first-order valence-corrected chi connectivity index (χ1v) is 22.3. The van der Waals surface area contributed by atoms with E-state index in [0.29, 0.717) is 78.5 Å². The zero-order valence-corrected chi connectivity index (χ0v) is 35.7. The monoisotopic (exact) mass is 845 g/mol. The van der Waals surface area contributed by atoms with Gasteiger partial charge in [-0.05, 0) is 117 Å². The predicted octanol–water partition coefficient (Wildman–Crippen LogP) is 8.88. The Labute approximate surface area is 364 Å². The van der Waals surface area contributed by atoms with Gasteiger partial charge in [0.1, 0.15) is 29.6 Å². The van der Waals surface area contributed by atoms with E-state index >= 15 is 0 Å². The van der Waals surface area contributed by atoms with Gasteiger partial charge in [-0.25, -0.2) is 0 Å². The van der Waals surface area contributed by atoms with E-state index in [9.17, 15) is 25.1 Å². The number of hydrogen-bond donors (Lipinski definition) is 2. The molecule has 1 unspecified atom stereocenters. The number of aliphatic hydroxyl groups is 2. The van der Waals surface area contributed by atoms with Gasteiger partial charge in [0, 0.05) is 55.2 Å². The number of carbonyl (C=O) groups excluding carboxylic acids is 2. The number of benzene rings is 3. The minimum Gasteiger partial charge on any atom is -0.459 e. The van der Waals surface area contributed by atoms with Crippen LogP contribution in [0.1, 0.15) is 115 Å². The lowest BCUT2D eigenvalue weighted by atomic mass is 9.55. The maximum absolute atomic E-state index is 15.0. The lowest BCUT2D eigenvalue weighted by Crippen LogP contribution is -2.70. The summed E-state index contributed by atoms with van der Waals surface area (Å²) in [5.74, 6) is -0.645. The Kier molecular flexibility index (Phi) is 15.3. The van der Waals surface area contributed by atoms with Crippen LogP contribution in [-0.2, 0) is 14.3 Å². The molecule has 2 heterocycles. The molecule has 12 heteroatoms. The van der Waals surface area contributed by atoms with Crippen molar-refractivity contribution in [2.75, 3.05) is 33.0 Å². The summed E-state index contributed by atoms with van der Waals surface area (Å²) in [6.45, 7) is 7.34. The van der Waals surface area contributed by atoms with Gasteiger partial charge in [-0.3, -0.25) is 9.59 Å². The molecule has 1 amide bonds. The van der Waals surface area contributed by atoms with Crippen molar-refractivity contribution < 1.29 is 43.6 Å². The molecule has 2 N–H and O–H groups in total. The molecule has 2 fully saturated rings. The van der Waals surface area contributed by atoms with Gasteiger partial charge in [-0.15, -0.1) is 6.58 Å². The van der Waals surface area contributed by atoms with Crippen LogP contribution < -0.4 is 9.47 Å². The van der Waals surface area contributed by atoms with Gasteiger partial charge in [0.25, 0.3) is 5.91 Å². The number of unbranched alkanes of at least 4 members (excludes halogenated alkanes) is 2. The number of ether oxygens (including phenoxy) is 4. The zero-order chi connectivity index (χ0) is 43.5. The minimum atomic E-state index is -1.43. The van der Waals surface area contributed by atoms with Crippen LogP contribution in [-0.4, -0.2) is 84.1 Å². The third-order valence-electron chi connectivity index (χ3n) is 12.7. The van der Waals surface area contributed by atoms with Crippen LogP contribution in [0.2, 0.25) is 0 Å². The van der Waals surface area contributed by atoms with E-state index in [1.165, 1.54) is 0 Å². The predicted molar refractivity (Wildman–Crippen MR) is 234 cm³/mol. The summed E-state index contributed by atoms with van der Waals surface area (Å²) in [5.41, 5.74) is 3.92. The normalized spacial score (nSPS) is 25.6. The van der Waals surface area contributed by atoms with Gasteiger partial charge >= 0.3 is 0 Å². The van der Waals surface area contributed by atoms with E-state index in [1.54, 1.807) is 48.5 Å². The molecule has 7 atom stereocenters. The van der Waals surface area contributed by atoms with Crippen LogP contribution in [0, 0.1) is 29.1 Å². The zero-order valence-electron chi connectivity index (χ0n) is 35.7. The molecule has 328 valence electrons. The largest absolute Gasteiger partial charge is 0.459 e. The van der Waals surface area contributed by atoms with Crippen molar-refractivity contribution in [1.29, 1.82) is 5.26 Å². The summed E-state index contributed by atoms with van der Waals surface area (Å²) in [6.07, 6.45) is 12.3. The Morgan fingerprint density at radius 1 is 1.03 bits per heavy atom. The SMILES string of the molecule is C=CCO[C@@]12Oc3ccc(Oc4cccc(C=O)c4)cc3[C@H]3[C@H](CCCCO)[C@@H](CCCCO)C=C(C(=NOC4CCCCO4)C[C@@H]1N(CCC)C(=O)c1ccc(C#N)cc1)[C@H]32. The molecule has 7 rings (SSSR count). The fourth-order valence-electron chi connectivity index (χ4n) is 9.91. The van der Waals surface area contributed by atoms with E-state index in [4.69, 9.17) is 28.9 Å². The van der Waals surface area contributed by atoms with Crippen LogP contribution in [0.5, 0.6) is 17.2 Å². The lowest BCUT2D eigenvalue weighted by Gasteiger charge is -2.60. The van der Waals surface area contributed by atoms with Crippen LogP contribution >= 0.6 is 0 Å². The smallest absolute Gasteiger partial charge is 0.254 e. The number of carbonyl (C=O) groups is 2. The van der Waals surface area contributed by atoms with Crippen molar-refractivity contribution in [3.05, 3.63) is 113 Å². The van der Waals surface area contributed by atoms with Gasteiger partial charge in [0.2, 0.25) is 12.1 Å². The number of rotatable bonds is 20. The second kappa shape index (κ2) is 21.2. The van der Waals surface area contributed by atoms with Crippen molar-refractivity contribution in [3.8, 4) is 23.3 Å². The molecule has 4 aliphatic rings. The molecular formula is C50H59N3O9. The second-order valence-corrected chi connectivity index (χ2v) is 16.7. The minimum absolute atomic E-state index is 0.0217. The Bertz CT molecular complexity index is 2120. The molecule has 0 spiro atoms. The summed E-state index contributed by atoms with van der Waals surface area (Å²) in [7, 11) is 0. The maximum atomic E-state index is 15.0. The van der Waals surface area contributed by atoms with Crippen molar-refractivity contribution in [1.82, 2.24) is 4.90 Å². The first kappa shape index (κ1) is 44.7. The van der Waals surface area contributed by atoms with E-state index in [0.717, 1.165) is 55.9 Å². The van der Waals surface area contributed by atoms with E-state index in [-0.39, 0.29) is 49.9 Å². The fourth-order valence-corrected chi connectivity index (χ4v) is 9.91. The highest BCUT2D eigenvalue weighted by Gasteiger charge is 2.65. The molecule has 0 aromatic heterocycles. The second-order valence-electron chi connectivity index (χ2n) is 16.7. The summed E-state index contributed by atoms with van der Waals surface area (Å²) in [5, 5.41) is 34.4. The molecule has 1 saturated heterocycles. The van der Waals surface area contributed by atoms with Crippen molar-refractivity contribution in [2.45, 2.75) is 102 Å².